The molecule has 1 aromatic carbocycles. The van der Waals surface area contributed by atoms with Crippen LogP contribution < -0.4 is 5.32 Å². The van der Waals surface area contributed by atoms with Gasteiger partial charge >= 0.3 is 0 Å². The van der Waals surface area contributed by atoms with Crippen LogP contribution in [0.25, 0.3) is 0 Å². The molecule has 0 aliphatic heterocycles. The molecule has 0 aromatic heterocycles. The van der Waals surface area contributed by atoms with Crippen molar-refractivity contribution in [2.45, 2.75) is 25.7 Å². The van der Waals surface area contributed by atoms with Gasteiger partial charge in [0.05, 0.1) is 0 Å². The SMILES string of the molecule is CNCCN(C)C(=O)CCCCc1ccc(I)cc1. The highest BCUT2D eigenvalue weighted by Gasteiger charge is 2.07. The Labute approximate surface area is 129 Å². The van der Waals surface area contributed by atoms with E-state index >= 15 is 0 Å². The Morgan fingerprint density at radius 2 is 1.95 bits per heavy atom. The number of nitrogens with zero attached hydrogens (tertiary/aromatic N) is 1. The molecule has 1 amide bonds. The monoisotopic (exact) mass is 374 g/mol. The molecule has 0 aliphatic rings. The van der Waals surface area contributed by atoms with E-state index in [1.54, 1.807) is 4.90 Å². The van der Waals surface area contributed by atoms with Crippen molar-refractivity contribution in [1.29, 1.82) is 0 Å². The van der Waals surface area contributed by atoms with Crippen LogP contribution in [-0.2, 0) is 11.2 Å². The maximum atomic E-state index is 11.8. The Morgan fingerprint density at radius 3 is 2.58 bits per heavy atom. The van der Waals surface area contributed by atoms with Gasteiger partial charge in [-0.3, -0.25) is 4.79 Å². The summed E-state index contributed by atoms with van der Waals surface area (Å²) in [4.78, 5) is 13.6. The molecule has 106 valence electrons. The Hall–Kier alpha value is -0.620. The molecule has 3 nitrogen and oxygen atoms in total. The van der Waals surface area contributed by atoms with Crippen molar-refractivity contribution in [3.8, 4) is 0 Å². The molecule has 0 bridgehead atoms. The third-order valence-electron chi connectivity index (χ3n) is 3.14. The minimum Gasteiger partial charge on any atom is -0.344 e. The van der Waals surface area contributed by atoms with Gasteiger partial charge in [-0.1, -0.05) is 12.1 Å². The molecule has 1 N–H and O–H groups in total. The molecule has 0 saturated carbocycles. The molecule has 1 aromatic rings. The number of amides is 1. The van der Waals surface area contributed by atoms with E-state index in [9.17, 15) is 4.79 Å². The van der Waals surface area contributed by atoms with Gasteiger partial charge in [0, 0.05) is 30.1 Å². The summed E-state index contributed by atoms with van der Waals surface area (Å²) in [5.74, 6) is 0.248. The zero-order valence-corrected chi connectivity index (χ0v) is 13.9. The van der Waals surface area contributed by atoms with E-state index in [1.807, 2.05) is 14.1 Å². The first-order valence-corrected chi connectivity index (χ1v) is 7.84. The number of hydrogen-bond acceptors (Lipinski definition) is 2. The normalized spacial score (nSPS) is 10.5. The number of hydrogen-bond donors (Lipinski definition) is 1. The minimum atomic E-state index is 0.248. The van der Waals surface area contributed by atoms with E-state index in [0.29, 0.717) is 6.42 Å². The van der Waals surface area contributed by atoms with Crippen molar-refractivity contribution in [1.82, 2.24) is 10.2 Å². The van der Waals surface area contributed by atoms with Gasteiger partial charge in [0.1, 0.15) is 0 Å². The Balaban J connectivity index is 2.16. The van der Waals surface area contributed by atoms with Crippen molar-refractivity contribution < 1.29 is 4.79 Å². The first-order chi connectivity index (χ1) is 9.13. The second-order valence-electron chi connectivity index (χ2n) is 4.75. The van der Waals surface area contributed by atoms with E-state index in [1.165, 1.54) is 9.13 Å². The standard InChI is InChI=1S/C15H23IN2O/c1-17-11-12-18(2)15(19)6-4-3-5-13-7-9-14(16)10-8-13/h7-10,17H,3-6,11-12H2,1-2H3. The van der Waals surface area contributed by atoms with Crippen molar-refractivity contribution in [3.05, 3.63) is 33.4 Å². The van der Waals surface area contributed by atoms with E-state index < -0.39 is 0 Å². The highest BCUT2D eigenvalue weighted by atomic mass is 127. The number of likely N-dealkylation sites (N-methyl/N-ethyl adjacent to an activating group) is 2. The third-order valence-corrected chi connectivity index (χ3v) is 3.86. The molecule has 0 heterocycles. The number of aryl methyl sites for hydroxylation is 1. The van der Waals surface area contributed by atoms with Crippen molar-refractivity contribution >= 4 is 28.5 Å². The molecule has 19 heavy (non-hydrogen) atoms. The van der Waals surface area contributed by atoms with Gasteiger partial charge in [-0.2, -0.15) is 0 Å². The first kappa shape index (κ1) is 16.4. The fraction of sp³-hybridized carbons (Fsp3) is 0.533. The molecular weight excluding hydrogens is 351 g/mol. The predicted octanol–water partition coefficient (Wildman–Crippen LogP) is 2.68. The van der Waals surface area contributed by atoms with Gasteiger partial charge in [0.25, 0.3) is 0 Å². The van der Waals surface area contributed by atoms with Crippen molar-refractivity contribution in [2.75, 3.05) is 27.2 Å². The number of carbonyl (C=O) groups is 1. The molecule has 4 heteroatoms. The average Bonchev–Trinajstić information content (AvgIpc) is 2.42. The molecule has 0 unspecified atom stereocenters. The maximum Gasteiger partial charge on any atom is 0.222 e. The Bertz CT molecular complexity index is 378. The maximum absolute atomic E-state index is 11.8. The molecule has 0 spiro atoms. The van der Waals surface area contributed by atoms with Crippen LogP contribution in [-0.4, -0.2) is 38.0 Å². The Morgan fingerprint density at radius 1 is 1.26 bits per heavy atom. The minimum absolute atomic E-state index is 0.248. The summed E-state index contributed by atoms with van der Waals surface area (Å²) in [7, 11) is 3.78. The highest BCUT2D eigenvalue weighted by molar-refractivity contribution is 14.1. The lowest BCUT2D eigenvalue weighted by atomic mass is 10.1. The lowest BCUT2D eigenvalue weighted by Crippen LogP contribution is -2.32. The fourth-order valence-electron chi connectivity index (χ4n) is 1.85. The number of halogens is 1. The zero-order valence-electron chi connectivity index (χ0n) is 11.8. The second kappa shape index (κ2) is 9.31. The quantitative estimate of drug-likeness (QED) is 0.561. The molecule has 0 radical (unpaired) electrons. The van der Waals surface area contributed by atoms with Crippen LogP contribution in [0.15, 0.2) is 24.3 Å². The van der Waals surface area contributed by atoms with Crippen LogP contribution in [0.3, 0.4) is 0 Å². The van der Waals surface area contributed by atoms with E-state index in [2.05, 4.69) is 52.2 Å². The van der Waals surface area contributed by atoms with Gasteiger partial charge in [0.2, 0.25) is 5.91 Å². The summed E-state index contributed by atoms with van der Waals surface area (Å²) in [5, 5.41) is 3.05. The van der Waals surface area contributed by atoms with Gasteiger partial charge < -0.3 is 10.2 Å². The highest BCUT2D eigenvalue weighted by Crippen LogP contribution is 2.10. The molecule has 0 atom stereocenters. The zero-order chi connectivity index (χ0) is 14.1. The summed E-state index contributed by atoms with van der Waals surface area (Å²) in [6.07, 6.45) is 3.76. The largest absolute Gasteiger partial charge is 0.344 e. The molecular formula is C15H23IN2O. The van der Waals surface area contributed by atoms with Gasteiger partial charge in [-0.15, -0.1) is 0 Å². The van der Waals surface area contributed by atoms with E-state index in [-0.39, 0.29) is 5.91 Å². The van der Waals surface area contributed by atoms with Crippen LogP contribution in [0.1, 0.15) is 24.8 Å². The lowest BCUT2D eigenvalue weighted by Gasteiger charge is -2.16. The molecule has 0 aliphatic carbocycles. The van der Waals surface area contributed by atoms with Crippen molar-refractivity contribution in [3.63, 3.8) is 0 Å². The van der Waals surface area contributed by atoms with Crippen LogP contribution in [0, 0.1) is 3.57 Å². The van der Waals surface area contributed by atoms with E-state index in [0.717, 1.165) is 32.4 Å². The summed E-state index contributed by atoms with van der Waals surface area (Å²) >= 11 is 2.31. The summed E-state index contributed by atoms with van der Waals surface area (Å²) in [6.45, 7) is 1.64. The molecule has 0 saturated heterocycles. The number of benzene rings is 1. The van der Waals surface area contributed by atoms with Crippen LogP contribution in [0.4, 0.5) is 0 Å². The average molecular weight is 374 g/mol. The van der Waals surface area contributed by atoms with Gasteiger partial charge in [0.15, 0.2) is 0 Å². The van der Waals surface area contributed by atoms with Crippen LogP contribution in [0.2, 0.25) is 0 Å². The second-order valence-corrected chi connectivity index (χ2v) is 6.00. The summed E-state index contributed by atoms with van der Waals surface area (Å²) in [5.41, 5.74) is 1.36. The summed E-state index contributed by atoms with van der Waals surface area (Å²) < 4.78 is 1.27. The predicted molar refractivity (Wildman–Crippen MR) is 88.3 cm³/mol. The van der Waals surface area contributed by atoms with Crippen LogP contribution >= 0.6 is 22.6 Å². The number of rotatable bonds is 8. The molecule has 0 fully saturated rings. The number of carbonyl (C=O) groups excluding carboxylic acids is 1. The fourth-order valence-corrected chi connectivity index (χ4v) is 2.21. The lowest BCUT2D eigenvalue weighted by molar-refractivity contribution is -0.129. The Kier molecular flexibility index (Phi) is 8.05. The smallest absolute Gasteiger partial charge is 0.222 e. The van der Waals surface area contributed by atoms with E-state index in [4.69, 9.17) is 0 Å². The molecule has 1 rings (SSSR count). The topological polar surface area (TPSA) is 32.3 Å². The van der Waals surface area contributed by atoms with Crippen LogP contribution in [0.5, 0.6) is 0 Å². The first-order valence-electron chi connectivity index (χ1n) is 6.76. The van der Waals surface area contributed by atoms with Gasteiger partial charge in [-0.05, 0) is 66.6 Å². The number of unbranched alkanes of at least 4 members (excludes halogenated alkanes) is 1. The van der Waals surface area contributed by atoms with Crippen molar-refractivity contribution in [2.24, 2.45) is 0 Å². The third kappa shape index (κ3) is 6.92. The van der Waals surface area contributed by atoms with Gasteiger partial charge in [-0.25, -0.2) is 0 Å². The summed E-state index contributed by atoms with van der Waals surface area (Å²) in [6, 6.07) is 8.60. The number of nitrogens with one attached hydrogen (secondary N) is 1.